The van der Waals surface area contributed by atoms with Crippen LogP contribution in [0.5, 0.6) is 0 Å². The molecule has 106 valence electrons. The van der Waals surface area contributed by atoms with Gasteiger partial charge in [0.2, 0.25) is 0 Å². The molecule has 0 spiro atoms. The largest absolute Gasteiger partial charge is 0.317 e. The van der Waals surface area contributed by atoms with Gasteiger partial charge in [-0.3, -0.25) is 0 Å². The van der Waals surface area contributed by atoms with Gasteiger partial charge in [0.25, 0.3) is 0 Å². The Morgan fingerprint density at radius 3 is 2.39 bits per heavy atom. The quantitative estimate of drug-likeness (QED) is 0.804. The fourth-order valence-electron chi connectivity index (χ4n) is 3.35. The summed E-state index contributed by atoms with van der Waals surface area (Å²) in [5.41, 5.74) is 0. The second-order valence-corrected chi connectivity index (χ2v) is 6.49. The number of hydrogen-bond acceptors (Lipinski definition) is 3. The minimum absolute atomic E-state index is 0.939. The molecule has 2 fully saturated rings. The van der Waals surface area contributed by atoms with Crippen molar-refractivity contribution in [3.63, 3.8) is 0 Å². The van der Waals surface area contributed by atoms with Crippen LogP contribution in [0.1, 0.15) is 32.1 Å². The van der Waals surface area contributed by atoms with Crippen molar-refractivity contribution in [1.29, 1.82) is 0 Å². The van der Waals surface area contributed by atoms with E-state index in [1.807, 2.05) is 0 Å². The molecule has 0 amide bonds. The maximum absolute atomic E-state index is 3.45. The molecule has 2 heterocycles. The first-order valence-electron chi connectivity index (χ1n) is 7.82. The van der Waals surface area contributed by atoms with Gasteiger partial charge in [-0.15, -0.1) is 0 Å². The van der Waals surface area contributed by atoms with Crippen molar-refractivity contribution in [1.82, 2.24) is 15.1 Å². The van der Waals surface area contributed by atoms with E-state index in [2.05, 4.69) is 29.2 Å². The van der Waals surface area contributed by atoms with Crippen LogP contribution >= 0.6 is 0 Å². The highest BCUT2D eigenvalue weighted by atomic mass is 15.1. The van der Waals surface area contributed by atoms with Gasteiger partial charge in [0.1, 0.15) is 0 Å². The van der Waals surface area contributed by atoms with Crippen molar-refractivity contribution in [3.8, 4) is 0 Å². The van der Waals surface area contributed by atoms with Crippen LogP contribution in [0.2, 0.25) is 0 Å². The van der Waals surface area contributed by atoms with Gasteiger partial charge in [0.05, 0.1) is 0 Å². The van der Waals surface area contributed by atoms with E-state index in [-0.39, 0.29) is 0 Å². The van der Waals surface area contributed by atoms with Crippen LogP contribution in [0.25, 0.3) is 0 Å². The minimum atomic E-state index is 0.939. The molecule has 3 heteroatoms. The molecule has 2 aliphatic rings. The predicted molar refractivity (Wildman–Crippen MR) is 77.9 cm³/mol. The number of hydrogen-bond donors (Lipinski definition) is 1. The molecule has 0 bridgehead atoms. The third-order valence-electron chi connectivity index (χ3n) is 4.79. The highest BCUT2D eigenvalue weighted by Gasteiger charge is 2.18. The van der Waals surface area contributed by atoms with Crippen LogP contribution in [-0.2, 0) is 0 Å². The van der Waals surface area contributed by atoms with Gasteiger partial charge in [-0.05, 0) is 90.8 Å². The maximum atomic E-state index is 3.45. The van der Waals surface area contributed by atoms with Crippen LogP contribution in [-0.4, -0.2) is 63.2 Å². The van der Waals surface area contributed by atoms with Gasteiger partial charge in [0, 0.05) is 6.54 Å². The fourth-order valence-corrected chi connectivity index (χ4v) is 3.35. The van der Waals surface area contributed by atoms with Crippen molar-refractivity contribution in [2.24, 2.45) is 11.8 Å². The summed E-state index contributed by atoms with van der Waals surface area (Å²) in [6.45, 7) is 7.69. The van der Waals surface area contributed by atoms with Gasteiger partial charge in [-0.25, -0.2) is 0 Å². The van der Waals surface area contributed by atoms with Crippen LogP contribution in [0.3, 0.4) is 0 Å². The molecular weight excluding hydrogens is 222 g/mol. The third-order valence-corrected chi connectivity index (χ3v) is 4.79. The monoisotopic (exact) mass is 253 g/mol. The smallest absolute Gasteiger partial charge is 0.000756 e. The molecule has 0 atom stereocenters. The molecule has 0 unspecified atom stereocenters. The lowest BCUT2D eigenvalue weighted by Crippen LogP contribution is -2.36. The first-order chi connectivity index (χ1) is 8.74. The van der Waals surface area contributed by atoms with E-state index in [1.54, 1.807) is 0 Å². The highest BCUT2D eigenvalue weighted by Crippen LogP contribution is 2.20. The number of rotatable bonds is 5. The first-order valence-corrected chi connectivity index (χ1v) is 7.82. The Hall–Kier alpha value is -0.120. The van der Waals surface area contributed by atoms with Gasteiger partial charge >= 0.3 is 0 Å². The molecule has 0 radical (unpaired) electrons. The Balaban J connectivity index is 1.57. The molecule has 0 aromatic rings. The van der Waals surface area contributed by atoms with E-state index in [1.165, 1.54) is 71.4 Å². The van der Waals surface area contributed by atoms with Crippen LogP contribution in [0.15, 0.2) is 0 Å². The Bertz CT molecular complexity index is 218. The second kappa shape index (κ2) is 7.46. The molecule has 2 saturated heterocycles. The molecule has 2 aliphatic heterocycles. The van der Waals surface area contributed by atoms with E-state index in [4.69, 9.17) is 0 Å². The maximum Gasteiger partial charge on any atom is 0.000756 e. The average Bonchev–Trinajstić information content (AvgIpc) is 2.39. The molecular formula is C15H31N3. The lowest BCUT2D eigenvalue weighted by molar-refractivity contribution is 0.183. The van der Waals surface area contributed by atoms with Gasteiger partial charge < -0.3 is 15.1 Å². The van der Waals surface area contributed by atoms with Crippen molar-refractivity contribution < 1.29 is 0 Å². The Morgan fingerprint density at radius 1 is 1.06 bits per heavy atom. The van der Waals surface area contributed by atoms with E-state index in [0.717, 1.165) is 11.8 Å². The lowest BCUT2D eigenvalue weighted by atomic mass is 9.93. The average molecular weight is 253 g/mol. The molecule has 3 nitrogen and oxygen atoms in total. The van der Waals surface area contributed by atoms with E-state index in [9.17, 15) is 0 Å². The van der Waals surface area contributed by atoms with Crippen molar-refractivity contribution in [3.05, 3.63) is 0 Å². The molecule has 0 saturated carbocycles. The molecule has 2 rings (SSSR count). The zero-order valence-electron chi connectivity index (χ0n) is 12.3. The number of nitrogens with one attached hydrogen (secondary N) is 1. The van der Waals surface area contributed by atoms with E-state index < -0.39 is 0 Å². The summed E-state index contributed by atoms with van der Waals surface area (Å²) in [6.07, 6.45) is 6.99. The topological polar surface area (TPSA) is 18.5 Å². The zero-order chi connectivity index (χ0) is 12.8. The molecule has 0 aliphatic carbocycles. The lowest BCUT2D eigenvalue weighted by Gasteiger charge is -2.31. The Labute approximate surface area is 113 Å². The summed E-state index contributed by atoms with van der Waals surface area (Å²) in [6, 6.07) is 0. The SMILES string of the molecule is CN1CCC(CCN(C)CC2CCNCC2)CC1. The summed E-state index contributed by atoms with van der Waals surface area (Å²) in [5.74, 6) is 1.92. The van der Waals surface area contributed by atoms with Gasteiger partial charge in [-0.2, -0.15) is 0 Å². The third kappa shape index (κ3) is 4.87. The Kier molecular flexibility index (Phi) is 5.93. The van der Waals surface area contributed by atoms with Crippen molar-refractivity contribution >= 4 is 0 Å². The minimum Gasteiger partial charge on any atom is -0.317 e. The summed E-state index contributed by atoms with van der Waals surface area (Å²) < 4.78 is 0. The summed E-state index contributed by atoms with van der Waals surface area (Å²) in [5, 5.41) is 3.45. The summed E-state index contributed by atoms with van der Waals surface area (Å²) >= 11 is 0. The van der Waals surface area contributed by atoms with Crippen LogP contribution in [0, 0.1) is 11.8 Å². The number of nitrogens with zero attached hydrogens (tertiary/aromatic N) is 2. The molecule has 0 aromatic carbocycles. The van der Waals surface area contributed by atoms with E-state index in [0.29, 0.717) is 0 Å². The standard InChI is InChI=1S/C15H31N3/c1-17-10-5-14(6-11-17)7-12-18(2)13-15-3-8-16-9-4-15/h14-16H,3-13H2,1-2H3. The van der Waals surface area contributed by atoms with E-state index >= 15 is 0 Å². The van der Waals surface area contributed by atoms with Crippen LogP contribution in [0.4, 0.5) is 0 Å². The number of piperidine rings is 2. The number of likely N-dealkylation sites (tertiary alicyclic amines) is 1. The zero-order valence-corrected chi connectivity index (χ0v) is 12.3. The Morgan fingerprint density at radius 2 is 1.72 bits per heavy atom. The normalized spacial score (nSPS) is 24.8. The predicted octanol–water partition coefficient (Wildman–Crippen LogP) is 1.65. The molecule has 0 aromatic heterocycles. The fraction of sp³-hybridized carbons (Fsp3) is 1.00. The van der Waals surface area contributed by atoms with Crippen molar-refractivity contribution in [2.75, 3.05) is 53.4 Å². The summed E-state index contributed by atoms with van der Waals surface area (Å²) in [7, 11) is 4.57. The van der Waals surface area contributed by atoms with Crippen LogP contribution < -0.4 is 5.32 Å². The van der Waals surface area contributed by atoms with Gasteiger partial charge in [-0.1, -0.05) is 0 Å². The van der Waals surface area contributed by atoms with Gasteiger partial charge in [0.15, 0.2) is 0 Å². The first kappa shape index (κ1) is 14.3. The molecule has 18 heavy (non-hydrogen) atoms. The van der Waals surface area contributed by atoms with Crippen molar-refractivity contribution in [2.45, 2.75) is 32.1 Å². The molecule has 1 N–H and O–H groups in total. The highest BCUT2D eigenvalue weighted by molar-refractivity contribution is 4.74. The second-order valence-electron chi connectivity index (χ2n) is 6.49. The summed E-state index contributed by atoms with van der Waals surface area (Å²) in [4.78, 5) is 5.05.